The van der Waals surface area contributed by atoms with Gasteiger partial charge in [0, 0.05) is 25.2 Å². The third-order valence-electron chi connectivity index (χ3n) is 3.13. The number of aromatic nitrogens is 3. The first-order valence-electron chi connectivity index (χ1n) is 6.54. The average molecular weight is 283 g/mol. The van der Waals surface area contributed by atoms with E-state index in [0.29, 0.717) is 12.5 Å². The molecule has 3 rings (SSSR count). The van der Waals surface area contributed by atoms with Gasteiger partial charge in [-0.05, 0) is 11.6 Å². The molecule has 0 bridgehead atoms. The third-order valence-corrected chi connectivity index (χ3v) is 3.13. The highest BCUT2D eigenvalue weighted by atomic mass is 19.1. The molecule has 3 aromatic rings. The Bertz CT molecular complexity index is 770. The van der Waals surface area contributed by atoms with E-state index in [-0.39, 0.29) is 5.82 Å². The maximum Gasteiger partial charge on any atom is 0.224 e. The molecule has 0 spiro atoms. The molecule has 0 unspecified atom stereocenters. The van der Waals surface area contributed by atoms with Crippen molar-refractivity contribution in [1.82, 2.24) is 15.0 Å². The van der Waals surface area contributed by atoms with Crippen molar-refractivity contribution < 1.29 is 4.39 Å². The van der Waals surface area contributed by atoms with Gasteiger partial charge in [-0.3, -0.25) is 4.98 Å². The van der Waals surface area contributed by atoms with E-state index in [9.17, 15) is 4.39 Å². The van der Waals surface area contributed by atoms with Gasteiger partial charge in [0.15, 0.2) is 11.6 Å². The van der Waals surface area contributed by atoms with E-state index in [1.807, 2.05) is 30.3 Å². The van der Waals surface area contributed by atoms with E-state index in [1.54, 1.807) is 13.2 Å². The number of anilines is 2. The number of hydrogen-bond donors (Lipinski definition) is 2. The number of halogens is 1. The summed E-state index contributed by atoms with van der Waals surface area (Å²) >= 11 is 0. The molecule has 2 N–H and O–H groups in total. The number of fused-ring (bicyclic) bond motifs is 1. The number of nitrogens with zero attached hydrogens (tertiary/aromatic N) is 3. The summed E-state index contributed by atoms with van der Waals surface area (Å²) in [5.41, 5.74) is 1.88. The minimum absolute atomic E-state index is 0.169. The number of para-hydroxylation sites is 1. The normalized spacial score (nSPS) is 10.6. The lowest BCUT2D eigenvalue weighted by Gasteiger charge is -2.09. The summed E-state index contributed by atoms with van der Waals surface area (Å²) in [5.74, 6) is 0.0550. The largest absolute Gasteiger partial charge is 0.363 e. The smallest absolute Gasteiger partial charge is 0.224 e. The van der Waals surface area contributed by atoms with Gasteiger partial charge in [-0.15, -0.1) is 0 Å². The van der Waals surface area contributed by atoms with Crippen LogP contribution in [-0.2, 0) is 6.54 Å². The zero-order chi connectivity index (χ0) is 14.7. The van der Waals surface area contributed by atoms with Crippen LogP contribution < -0.4 is 10.6 Å². The first kappa shape index (κ1) is 13.2. The molecule has 0 fully saturated rings. The average Bonchev–Trinajstić information content (AvgIpc) is 2.54. The molecule has 6 heteroatoms. The molecule has 21 heavy (non-hydrogen) atoms. The minimum Gasteiger partial charge on any atom is -0.363 e. The van der Waals surface area contributed by atoms with Crippen molar-refractivity contribution in [2.45, 2.75) is 6.54 Å². The fourth-order valence-corrected chi connectivity index (χ4v) is 2.10. The first-order valence-corrected chi connectivity index (χ1v) is 6.54. The molecule has 0 aliphatic carbocycles. The van der Waals surface area contributed by atoms with Crippen LogP contribution in [0.5, 0.6) is 0 Å². The van der Waals surface area contributed by atoms with Crippen LogP contribution in [0.1, 0.15) is 5.56 Å². The van der Waals surface area contributed by atoms with Crippen molar-refractivity contribution in [3.05, 3.63) is 54.1 Å². The number of rotatable bonds is 4. The second kappa shape index (κ2) is 5.70. The molecular weight excluding hydrogens is 269 g/mol. The van der Waals surface area contributed by atoms with Gasteiger partial charge in [-0.2, -0.15) is 4.98 Å². The van der Waals surface area contributed by atoms with E-state index >= 15 is 0 Å². The molecular formula is C15H14FN5. The van der Waals surface area contributed by atoms with Gasteiger partial charge in [0.1, 0.15) is 0 Å². The molecule has 2 aromatic heterocycles. The molecule has 2 heterocycles. The summed E-state index contributed by atoms with van der Waals surface area (Å²) < 4.78 is 13.7. The molecule has 0 radical (unpaired) electrons. The van der Waals surface area contributed by atoms with Gasteiger partial charge < -0.3 is 10.6 Å². The van der Waals surface area contributed by atoms with E-state index in [2.05, 4.69) is 25.6 Å². The summed E-state index contributed by atoms with van der Waals surface area (Å²) in [5, 5.41) is 6.82. The molecule has 0 aliphatic heterocycles. The van der Waals surface area contributed by atoms with Gasteiger partial charge in [-0.1, -0.05) is 24.3 Å². The van der Waals surface area contributed by atoms with E-state index in [1.165, 1.54) is 0 Å². The van der Waals surface area contributed by atoms with Crippen molar-refractivity contribution in [2.24, 2.45) is 0 Å². The Morgan fingerprint density at radius 3 is 2.86 bits per heavy atom. The summed E-state index contributed by atoms with van der Waals surface area (Å²) in [6, 6.07) is 9.80. The molecule has 0 aliphatic rings. The Morgan fingerprint density at radius 1 is 1.14 bits per heavy atom. The van der Waals surface area contributed by atoms with Crippen LogP contribution in [0.2, 0.25) is 0 Å². The number of benzene rings is 1. The quantitative estimate of drug-likeness (QED) is 0.771. The Morgan fingerprint density at radius 2 is 2.00 bits per heavy atom. The maximum absolute atomic E-state index is 13.7. The highest BCUT2D eigenvalue weighted by Crippen LogP contribution is 2.18. The molecule has 0 atom stereocenters. The second-order valence-corrected chi connectivity index (χ2v) is 4.49. The van der Waals surface area contributed by atoms with Gasteiger partial charge in [0.2, 0.25) is 5.95 Å². The SMILES string of the molecule is CNc1ncc(F)c(NCc2cccc3cccnc23)n1. The van der Waals surface area contributed by atoms with Gasteiger partial charge >= 0.3 is 0 Å². The topological polar surface area (TPSA) is 62.7 Å². The van der Waals surface area contributed by atoms with Gasteiger partial charge in [-0.25, -0.2) is 9.37 Å². The zero-order valence-electron chi connectivity index (χ0n) is 11.5. The Kier molecular flexibility index (Phi) is 3.59. The zero-order valence-corrected chi connectivity index (χ0v) is 11.5. The summed E-state index contributed by atoms with van der Waals surface area (Å²) in [6.45, 7) is 0.436. The number of hydrogen-bond acceptors (Lipinski definition) is 5. The third kappa shape index (κ3) is 2.74. The van der Waals surface area contributed by atoms with Crippen LogP contribution in [0.4, 0.5) is 16.2 Å². The molecule has 106 valence electrons. The molecule has 0 saturated carbocycles. The van der Waals surface area contributed by atoms with E-state index in [4.69, 9.17) is 0 Å². The second-order valence-electron chi connectivity index (χ2n) is 4.49. The van der Waals surface area contributed by atoms with E-state index < -0.39 is 5.82 Å². The standard InChI is InChI=1S/C15H14FN5/c1-17-15-20-9-12(16)14(21-15)19-8-11-5-2-4-10-6-3-7-18-13(10)11/h2-7,9H,8H2,1H3,(H2,17,19,20,21). The van der Waals surface area contributed by atoms with Crippen molar-refractivity contribution >= 4 is 22.7 Å². The fourth-order valence-electron chi connectivity index (χ4n) is 2.10. The Hall–Kier alpha value is -2.76. The van der Waals surface area contributed by atoms with Gasteiger partial charge in [0.25, 0.3) is 0 Å². The maximum atomic E-state index is 13.7. The van der Waals surface area contributed by atoms with Crippen LogP contribution in [-0.4, -0.2) is 22.0 Å². The van der Waals surface area contributed by atoms with Crippen molar-refractivity contribution in [3.8, 4) is 0 Å². The summed E-state index contributed by atoms with van der Waals surface area (Å²) in [6.07, 6.45) is 2.89. The summed E-state index contributed by atoms with van der Waals surface area (Å²) in [4.78, 5) is 12.2. The molecule has 0 saturated heterocycles. The lowest BCUT2D eigenvalue weighted by molar-refractivity contribution is 0.617. The molecule has 1 aromatic carbocycles. The lowest BCUT2D eigenvalue weighted by Crippen LogP contribution is -2.07. The number of pyridine rings is 1. The highest BCUT2D eigenvalue weighted by molar-refractivity contribution is 5.81. The van der Waals surface area contributed by atoms with Crippen LogP contribution in [0.15, 0.2) is 42.7 Å². The van der Waals surface area contributed by atoms with Crippen LogP contribution in [0.3, 0.4) is 0 Å². The summed E-state index contributed by atoms with van der Waals surface area (Å²) in [7, 11) is 1.69. The monoisotopic (exact) mass is 283 g/mol. The van der Waals surface area contributed by atoms with E-state index in [0.717, 1.165) is 22.7 Å². The Balaban J connectivity index is 1.87. The predicted molar refractivity (Wildman–Crippen MR) is 80.6 cm³/mol. The minimum atomic E-state index is -0.484. The lowest BCUT2D eigenvalue weighted by atomic mass is 10.1. The highest BCUT2D eigenvalue weighted by Gasteiger charge is 2.07. The van der Waals surface area contributed by atoms with Gasteiger partial charge in [0.05, 0.1) is 11.7 Å². The Labute approximate surface area is 121 Å². The van der Waals surface area contributed by atoms with Crippen LogP contribution >= 0.6 is 0 Å². The molecule has 0 amide bonds. The van der Waals surface area contributed by atoms with Crippen LogP contribution in [0.25, 0.3) is 10.9 Å². The van der Waals surface area contributed by atoms with Crippen molar-refractivity contribution in [1.29, 1.82) is 0 Å². The van der Waals surface area contributed by atoms with Crippen molar-refractivity contribution in [2.75, 3.05) is 17.7 Å². The number of nitrogens with one attached hydrogen (secondary N) is 2. The first-order chi connectivity index (χ1) is 10.3. The fraction of sp³-hybridized carbons (Fsp3) is 0.133. The molecule has 5 nitrogen and oxygen atoms in total. The predicted octanol–water partition coefficient (Wildman–Crippen LogP) is 2.82. The van der Waals surface area contributed by atoms with Crippen LogP contribution in [0, 0.1) is 5.82 Å². The van der Waals surface area contributed by atoms with Crippen molar-refractivity contribution in [3.63, 3.8) is 0 Å².